The molecule has 2 rings (SSSR count). The van der Waals surface area contributed by atoms with Gasteiger partial charge in [0.2, 0.25) is 0 Å². The van der Waals surface area contributed by atoms with Gasteiger partial charge in [0.1, 0.15) is 5.75 Å². The van der Waals surface area contributed by atoms with E-state index in [2.05, 4.69) is 22.3 Å². The van der Waals surface area contributed by atoms with Gasteiger partial charge in [-0.1, -0.05) is 19.1 Å². The molecule has 0 bridgehead atoms. The van der Waals surface area contributed by atoms with Crippen molar-refractivity contribution in [1.29, 1.82) is 0 Å². The first kappa shape index (κ1) is 13.5. The number of tetrazole rings is 1. The van der Waals surface area contributed by atoms with Gasteiger partial charge < -0.3 is 10.5 Å². The zero-order valence-electron chi connectivity index (χ0n) is 11.3. The summed E-state index contributed by atoms with van der Waals surface area (Å²) in [5.74, 6) is 1.50. The molecular weight excluding hydrogens is 242 g/mol. The lowest BCUT2D eigenvalue weighted by atomic mass is 10.0. The van der Waals surface area contributed by atoms with Crippen molar-refractivity contribution in [3.05, 3.63) is 35.7 Å². The Morgan fingerprint density at radius 2 is 2.26 bits per heavy atom. The number of aromatic nitrogens is 4. The quantitative estimate of drug-likeness (QED) is 0.846. The van der Waals surface area contributed by atoms with Gasteiger partial charge in [-0.25, -0.2) is 0 Å². The highest BCUT2D eigenvalue weighted by Crippen LogP contribution is 2.20. The predicted octanol–water partition coefficient (Wildman–Crippen LogP) is 1.24. The molecule has 0 aliphatic heterocycles. The average molecular weight is 261 g/mol. The number of hydrogen-bond donors (Lipinski definition) is 1. The summed E-state index contributed by atoms with van der Waals surface area (Å²) in [6.45, 7) is 2.79. The van der Waals surface area contributed by atoms with Crippen LogP contribution in [0.25, 0.3) is 0 Å². The Hall–Kier alpha value is -1.95. The van der Waals surface area contributed by atoms with E-state index in [-0.39, 0.29) is 6.04 Å². The summed E-state index contributed by atoms with van der Waals surface area (Å²) >= 11 is 0. The molecule has 6 heteroatoms. The summed E-state index contributed by atoms with van der Waals surface area (Å²) in [5.41, 5.74) is 7.18. The van der Waals surface area contributed by atoms with E-state index in [4.69, 9.17) is 10.5 Å². The molecule has 0 aliphatic rings. The third-order valence-electron chi connectivity index (χ3n) is 2.71. The molecule has 1 atom stereocenters. The van der Waals surface area contributed by atoms with Gasteiger partial charge in [0.15, 0.2) is 5.82 Å². The van der Waals surface area contributed by atoms with Crippen LogP contribution in [0.3, 0.4) is 0 Å². The van der Waals surface area contributed by atoms with Gasteiger partial charge in [-0.05, 0) is 29.3 Å². The second kappa shape index (κ2) is 6.29. The topological polar surface area (TPSA) is 78.9 Å². The van der Waals surface area contributed by atoms with Crippen LogP contribution in [0.1, 0.15) is 30.8 Å². The molecule has 2 N–H and O–H groups in total. The Kier molecular flexibility index (Phi) is 4.46. The van der Waals surface area contributed by atoms with Gasteiger partial charge in [-0.2, -0.15) is 4.80 Å². The lowest BCUT2D eigenvalue weighted by molar-refractivity contribution is 0.317. The van der Waals surface area contributed by atoms with E-state index in [0.717, 1.165) is 17.7 Å². The lowest BCUT2D eigenvalue weighted by Gasteiger charge is -2.12. The normalized spacial score (nSPS) is 12.4. The Balaban J connectivity index is 2.03. The van der Waals surface area contributed by atoms with Crippen LogP contribution in [0.5, 0.6) is 5.75 Å². The largest absolute Gasteiger partial charge is 0.494 e. The number of nitrogens with zero attached hydrogens (tertiary/aromatic N) is 4. The van der Waals surface area contributed by atoms with Crippen molar-refractivity contribution in [2.24, 2.45) is 12.8 Å². The molecule has 0 amide bonds. The number of ether oxygens (including phenoxy) is 1. The maximum atomic E-state index is 6.16. The summed E-state index contributed by atoms with van der Waals surface area (Å²) in [5, 5.41) is 11.9. The highest BCUT2D eigenvalue weighted by Gasteiger charge is 2.11. The van der Waals surface area contributed by atoms with Gasteiger partial charge >= 0.3 is 0 Å². The Labute approximate surface area is 112 Å². The van der Waals surface area contributed by atoms with E-state index < -0.39 is 0 Å². The molecule has 2 aromatic rings. The Morgan fingerprint density at radius 1 is 1.42 bits per heavy atom. The van der Waals surface area contributed by atoms with Gasteiger partial charge in [-0.15, -0.1) is 10.2 Å². The summed E-state index contributed by atoms with van der Waals surface area (Å²) in [6.07, 6.45) is 1.55. The first-order valence-corrected chi connectivity index (χ1v) is 6.40. The molecular formula is C13H19N5O. The van der Waals surface area contributed by atoms with Crippen LogP contribution in [-0.4, -0.2) is 26.8 Å². The van der Waals surface area contributed by atoms with Crippen molar-refractivity contribution < 1.29 is 4.74 Å². The highest BCUT2D eigenvalue weighted by molar-refractivity contribution is 5.30. The molecule has 1 heterocycles. The van der Waals surface area contributed by atoms with Crippen LogP contribution in [0.4, 0.5) is 0 Å². The molecule has 102 valence electrons. The molecule has 6 nitrogen and oxygen atoms in total. The number of hydrogen-bond acceptors (Lipinski definition) is 5. The zero-order chi connectivity index (χ0) is 13.7. The number of benzene rings is 1. The fourth-order valence-corrected chi connectivity index (χ4v) is 1.77. The van der Waals surface area contributed by atoms with Crippen LogP contribution < -0.4 is 10.5 Å². The second-order valence-corrected chi connectivity index (χ2v) is 4.43. The highest BCUT2D eigenvalue weighted by atomic mass is 16.5. The van der Waals surface area contributed by atoms with Crippen molar-refractivity contribution in [2.75, 3.05) is 6.61 Å². The molecule has 0 fully saturated rings. The van der Waals surface area contributed by atoms with Gasteiger partial charge in [0.05, 0.1) is 13.7 Å². The molecule has 1 aromatic carbocycles. The fraction of sp³-hybridized carbons (Fsp3) is 0.462. The third kappa shape index (κ3) is 3.75. The minimum absolute atomic E-state index is 0.158. The van der Waals surface area contributed by atoms with Crippen molar-refractivity contribution in [2.45, 2.75) is 25.8 Å². The standard InChI is InChI=1S/C13H19N5O/c1-3-7-19-11-6-4-5-10(8-11)12(14)9-13-15-17-18(2)16-13/h4-6,8,12H,3,7,9,14H2,1-2H3. The maximum Gasteiger partial charge on any atom is 0.176 e. The second-order valence-electron chi connectivity index (χ2n) is 4.43. The Bertz CT molecular complexity index is 525. The number of nitrogens with two attached hydrogens (primary N) is 1. The zero-order valence-corrected chi connectivity index (χ0v) is 11.3. The lowest BCUT2D eigenvalue weighted by Crippen LogP contribution is -2.14. The molecule has 1 unspecified atom stereocenters. The van der Waals surface area contributed by atoms with Crippen molar-refractivity contribution in [1.82, 2.24) is 20.2 Å². The molecule has 0 aliphatic carbocycles. The van der Waals surface area contributed by atoms with E-state index in [0.29, 0.717) is 18.9 Å². The van der Waals surface area contributed by atoms with Gasteiger partial charge in [0.25, 0.3) is 0 Å². The van der Waals surface area contributed by atoms with E-state index in [1.54, 1.807) is 7.05 Å². The average Bonchev–Trinajstić information content (AvgIpc) is 2.82. The summed E-state index contributed by atoms with van der Waals surface area (Å²) in [4.78, 5) is 1.43. The maximum absolute atomic E-state index is 6.16. The molecule has 19 heavy (non-hydrogen) atoms. The first-order chi connectivity index (χ1) is 9.19. The minimum atomic E-state index is -0.158. The van der Waals surface area contributed by atoms with Crippen molar-refractivity contribution in [3.63, 3.8) is 0 Å². The van der Waals surface area contributed by atoms with Crippen LogP contribution in [0, 0.1) is 0 Å². The molecule has 0 saturated carbocycles. The van der Waals surface area contributed by atoms with Crippen molar-refractivity contribution >= 4 is 0 Å². The van der Waals surface area contributed by atoms with Crippen molar-refractivity contribution in [3.8, 4) is 5.75 Å². The van der Waals surface area contributed by atoms with Crippen LogP contribution >= 0.6 is 0 Å². The molecule has 0 saturated heterocycles. The summed E-state index contributed by atoms with van der Waals surface area (Å²) in [7, 11) is 1.74. The van der Waals surface area contributed by atoms with E-state index >= 15 is 0 Å². The van der Waals surface area contributed by atoms with E-state index in [1.165, 1.54) is 4.80 Å². The third-order valence-corrected chi connectivity index (χ3v) is 2.71. The van der Waals surface area contributed by atoms with Crippen LogP contribution in [0.2, 0.25) is 0 Å². The fourth-order valence-electron chi connectivity index (χ4n) is 1.77. The summed E-state index contributed by atoms with van der Waals surface area (Å²) < 4.78 is 5.60. The Morgan fingerprint density at radius 3 is 2.95 bits per heavy atom. The first-order valence-electron chi connectivity index (χ1n) is 6.40. The molecule has 1 aromatic heterocycles. The summed E-state index contributed by atoms with van der Waals surface area (Å²) in [6, 6.07) is 7.68. The van der Waals surface area contributed by atoms with Crippen LogP contribution in [0.15, 0.2) is 24.3 Å². The van der Waals surface area contributed by atoms with Gasteiger partial charge in [-0.3, -0.25) is 0 Å². The van der Waals surface area contributed by atoms with Crippen LogP contribution in [-0.2, 0) is 13.5 Å². The predicted molar refractivity (Wildman–Crippen MR) is 71.7 cm³/mol. The van der Waals surface area contributed by atoms with E-state index in [1.807, 2.05) is 24.3 Å². The molecule has 0 spiro atoms. The van der Waals surface area contributed by atoms with E-state index in [9.17, 15) is 0 Å². The number of aryl methyl sites for hydroxylation is 1. The number of rotatable bonds is 6. The van der Waals surface area contributed by atoms with Gasteiger partial charge in [0, 0.05) is 12.5 Å². The SMILES string of the molecule is CCCOc1cccc(C(N)Cc2nnn(C)n2)c1. The molecule has 0 radical (unpaired) electrons. The monoisotopic (exact) mass is 261 g/mol. The minimum Gasteiger partial charge on any atom is -0.494 e. The smallest absolute Gasteiger partial charge is 0.176 e.